The SMILES string of the molecule is CCCNC(=O)[C@@H](C)Sc1nnc(-c2ccncc2)n1-c1ccc(Cl)c(Cl)c1. The molecule has 0 radical (unpaired) electrons. The molecule has 2 heterocycles. The highest BCUT2D eigenvalue weighted by Gasteiger charge is 2.22. The summed E-state index contributed by atoms with van der Waals surface area (Å²) in [5.41, 5.74) is 1.61. The van der Waals surface area contributed by atoms with Gasteiger partial charge in [-0.25, -0.2) is 0 Å². The quantitative estimate of drug-likeness (QED) is 0.547. The number of rotatable bonds is 7. The molecule has 3 rings (SSSR count). The van der Waals surface area contributed by atoms with E-state index in [1.54, 1.807) is 24.5 Å². The van der Waals surface area contributed by atoms with Crippen LogP contribution in [0.1, 0.15) is 20.3 Å². The molecule has 0 aliphatic carbocycles. The van der Waals surface area contributed by atoms with Crippen LogP contribution in [0.25, 0.3) is 17.1 Å². The second kappa shape index (κ2) is 9.41. The molecule has 0 saturated carbocycles. The van der Waals surface area contributed by atoms with Crippen molar-refractivity contribution in [2.24, 2.45) is 0 Å². The van der Waals surface area contributed by atoms with Crippen LogP contribution < -0.4 is 5.32 Å². The molecule has 9 heteroatoms. The molecule has 1 amide bonds. The van der Waals surface area contributed by atoms with E-state index in [9.17, 15) is 4.79 Å². The molecule has 1 N–H and O–H groups in total. The molecule has 0 unspecified atom stereocenters. The second-order valence-corrected chi connectivity index (χ2v) is 8.15. The van der Waals surface area contributed by atoms with Crippen LogP contribution in [0.5, 0.6) is 0 Å². The third kappa shape index (κ3) is 4.66. The Morgan fingerprint density at radius 2 is 1.93 bits per heavy atom. The fourth-order valence-corrected chi connectivity index (χ4v) is 3.68. The Hall–Kier alpha value is -2.09. The van der Waals surface area contributed by atoms with Gasteiger partial charge in [-0.15, -0.1) is 10.2 Å². The summed E-state index contributed by atoms with van der Waals surface area (Å²) in [5, 5.41) is 12.7. The van der Waals surface area contributed by atoms with E-state index in [4.69, 9.17) is 23.2 Å². The van der Waals surface area contributed by atoms with E-state index in [1.807, 2.05) is 36.6 Å². The van der Waals surface area contributed by atoms with E-state index < -0.39 is 0 Å². The second-order valence-electron chi connectivity index (χ2n) is 6.03. The van der Waals surface area contributed by atoms with Crippen molar-refractivity contribution in [2.45, 2.75) is 30.7 Å². The van der Waals surface area contributed by atoms with Gasteiger partial charge in [-0.3, -0.25) is 14.3 Å². The van der Waals surface area contributed by atoms with Gasteiger partial charge in [-0.2, -0.15) is 0 Å². The third-order valence-corrected chi connectivity index (χ3v) is 5.72. The fourth-order valence-electron chi connectivity index (χ4n) is 2.49. The van der Waals surface area contributed by atoms with E-state index in [-0.39, 0.29) is 11.2 Å². The van der Waals surface area contributed by atoms with Gasteiger partial charge < -0.3 is 5.32 Å². The van der Waals surface area contributed by atoms with Crippen molar-refractivity contribution >= 4 is 40.9 Å². The molecule has 28 heavy (non-hydrogen) atoms. The minimum atomic E-state index is -0.331. The Kier molecular flexibility index (Phi) is 6.93. The number of benzene rings is 1. The summed E-state index contributed by atoms with van der Waals surface area (Å²) in [6, 6.07) is 9.02. The van der Waals surface area contributed by atoms with Gasteiger partial charge in [-0.05, 0) is 43.7 Å². The summed E-state index contributed by atoms with van der Waals surface area (Å²) in [6.07, 6.45) is 4.27. The van der Waals surface area contributed by atoms with Gasteiger partial charge in [0.1, 0.15) is 0 Å². The van der Waals surface area contributed by atoms with Crippen LogP contribution in [-0.2, 0) is 4.79 Å². The number of hydrogen-bond donors (Lipinski definition) is 1. The number of carbonyl (C=O) groups excluding carboxylic acids is 1. The molecular weight excluding hydrogens is 417 g/mol. The average molecular weight is 436 g/mol. The van der Waals surface area contributed by atoms with Crippen LogP contribution in [0.2, 0.25) is 10.0 Å². The lowest BCUT2D eigenvalue weighted by Gasteiger charge is -2.14. The summed E-state index contributed by atoms with van der Waals surface area (Å²) >= 11 is 13.6. The maximum atomic E-state index is 12.3. The highest BCUT2D eigenvalue weighted by molar-refractivity contribution is 8.00. The molecule has 2 aromatic heterocycles. The van der Waals surface area contributed by atoms with Crippen molar-refractivity contribution in [2.75, 3.05) is 6.54 Å². The van der Waals surface area contributed by atoms with Gasteiger partial charge in [0.15, 0.2) is 11.0 Å². The first-order valence-electron chi connectivity index (χ1n) is 8.77. The van der Waals surface area contributed by atoms with Crippen molar-refractivity contribution in [1.29, 1.82) is 0 Å². The summed E-state index contributed by atoms with van der Waals surface area (Å²) in [7, 11) is 0. The van der Waals surface area contributed by atoms with Crippen LogP contribution in [0.15, 0.2) is 47.9 Å². The zero-order chi connectivity index (χ0) is 20.1. The third-order valence-electron chi connectivity index (χ3n) is 3.93. The van der Waals surface area contributed by atoms with Crippen molar-refractivity contribution in [3.8, 4) is 17.1 Å². The molecular formula is C19H19Cl2N5OS. The molecule has 0 aliphatic rings. The topological polar surface area (TPSA) is 72.7 Å². The van der Waals surface area contributed by atoms with Crippen LogP contribution in [0.3, 0.4) is 0 Å². The number of carbonyl (C=O) groups is 1. The molecule has 0 aliphatic heterocycles. The predicted molar refractivity (Wildman–Crippen MR) is 113 cm³/mol. The number of amides is 1. The zero-order valence-corrected chi connectivity index (χ0v) is 17.7. The van der Waals surface area contributed by atoms with Crippen LogP contribution >= 0.6 is 35.0 Å². The molecule has 0 saturated heterocycles. The number of nitrogens with zero attached hydrogens (tertiary/aromatic N) is 4. The lowest BCUT2D eigenvalue weighted by Crippen LogP contribution is -2.31. The Morgan fingerprint density at radius 3 is 2.61 bits per heavy atom. The van der Waals surface area contributed by atoms with E-state index in [1.165, 1.54) is 11.8 Å². The molecule has 0 bridgehead atoms. The minimum Gasteiger partial charge on any atom is -0.355 e. The number of aromatic nitrogens is 4. The molecule has 3 aromatic rings. The smallest absolute Gasteiger partial charge is 0.233 e. The Balaban J connectivity index is 2.02. The largest absolute Gasteiger partial charge is 0.355 e. The first-order chi connectivity index (χ1) is 13.5. The van der Waals surface area contributed by atoms with Crippen LogP contribution in [0.4, 0.5) is 0 Å². The van der Waals surface area contributed by atoms with E-state index in [2.05, 4.69) is 20.5 Å². The predicted octanol–water partition coefficient (Wildman–Crippen LogP) is 4.64. The summed E-state index contributed by atoms with van der Waals surface area (Å²) in [5.74, 6) is 0.588. The highest BCUT2D eigenvalue weighted by Crippen LogP contribution is 2.32. The number of pyridine rings is 1. The fraction of sp³-hybridized carbons (Fsp3) is 0.263. The first-order valence-corrected chi connectivity index (χ1v) is 10.4. The highest BCUT2D eigenvalue weighted by atomic mass is 35.5. The molecule has 1 atom stereocenters. The zero-order valence-electron chi connectivity index (χ0n) is 15.4. The normalized spacial score (nSPS) is 12.0. The van der Waals surface area contributed by atoms with E-state index >= 15 is 0 Å². The molecule has 1 aromatic carbocycles. The number of thioether (sulfide) groups is 1. The van der Waals surface area contributed by atoms with Crippen molar-refractivity contribution in [3.05, 3.63) is 52.8 Å². The van der Waals surface area contributed by atoms with E-state index in [0.29, 0.717) is 27.6 Å². The Bertz CT molecular complexity index is 964. The maximum Gasteiger partial charge on any atom is 0.233 e. The van der Waals surface area contributed by atoms with Crippen LogP contribution in [-0.4, -0.2) is 37.5 Å². The van der Waals surface area contributed by atoms with Crippen molar-refractivity contribution < 1.29 is 4.79 Å². The summed E-state index contributed by atoms with van der Waals surface area (Å²) in [4.78, 5) is 16.3. The van der Waals surface area contributed by atoms with Gasteiger partial charge in [-0.1, -0.05) is 41.9 Å². The first kappa shape index (κ1) is 20.6. The molecule has 0 spiro atoms. The van der Waals surface area contributed by atoms with Gasteiger partial charge in [0.05, 0.1) is 21.0 Å². The van der Waals surface area contributed by atoms with Crippen LogP contribution in [0, 0.1) is 0 Å². The lowest BCUT2D eigenvalue weighted by atomic mass is 10.2. The van der Waals surface area contributed by atoms with Gasteiger partial charge in [0, 0.05) is 24.5 Å². The average Bonchev–Trinajstić information content (AvgIpc) is 3.12. The number of hydrogen-bond acceptors (Lipinski definition) is 5. The standard InChI is InChI=1S/C19H19Cl2N5OS/c1-3-8-23-18(27)12(2)28-19-25-24-17(13-6-9-22-10-7-13)26(19)14-4-5-15(20)16(21)11-14/h4-7,9-12H,3,8H2,1-2H3,(H,23,27)/t12-/m1/s1. The number of halogens is 2. The number of nitrogens with one attached hydrogen (secondary N) is 1. The molecule has 146 valence electrons. The minimum absolute atomic E-state index is 0.0407. The van der Waals surface area contributed by atoms with Crippen molar-refractivity contribution in [3.63, 3.8) is 0 Å². The Morgan fingerprint density at radius 1 is 1.18 bits per heavy atom. The monoisotopic (exact) mass is 435 g/mol. The summed E-state index contributed by atoms with van der Waals surface area (Å²) < 4.78 is 1.87. The Labute approximate surface area is 177 Å². The van der Waals surface area contributed by atoms with Gasteiger partial charge in [0.2, 0.25) is 5.91 Å². The lowest BCUT2D eigenvalue weighted by molar-refractivity contribution is -0.120. The summed E-state index contributed by atoms with van der Waals surface area (Å²) in [6.45, 7) is 4.50. The van der Waals surface area contributed by atoms with Gasteiger partial charge >= 0.3 is 0 Å². The molecule has 0 fully saturated rings. The van der Waals surface area contributed by atoms with Gasteiger partial charge in [0.25, 0.3) is 0 Å². The van der Waals surface area contributed by atoms with Crippen molar-refractivity contribution in [1.82, 2.24) is 25.1 Å². The maximum absolute atomic E-state index is 12.3. The molecule has 6 nitrogen and oxygen atoms in total. The van der Waals surface area contributed by atoms with E-state index in [0.717, 1.165) is 17.7 Å².